The summed E-state index contributed by atoms with van der Waals surface area (Å²) in [6.07, 6.45) is 1.36. The van der Waals surface area contributed by atoms with Crippen LogP contribution in [-0.4, -0.2) is 49.8 Å². The molecule has 30 heavy (non-hydrogen) atoms. The lowest BCUT2D eigenvalue weighted by atomic mass is 10.1. The van der Waals surface area contributed by atoms with Crippen molar-refractivity contribution in [2.24, 2.45) is 0 Å². The molecule has 0 spiro atoms. The molecular formula is C21H22N4O4S. The van der Waals surface area contributed by atoms with E-state index in [2.05, 4.69) is 15.3 Å². The van der Waals surface area contributed by atoms with E-state index in [0.717, 1.165) is 15.6 Å². The Morgan fingerprint density at radius 2 is 1.73 bits per heavy atom. The molecule has 1 N–H and O–H groups in total. The molecule has 156 valence electrons. The molecule has 2 aromatic carbocycles. The van der Waals surface area contributed by atoms with Crippen LogP contribution in [0.2, 0.25) is 0 Å². The topological polar surface area (TPSA) is 101 Å². The average molecular weight is 426 g/mol. The summed E-state index contributed by atoms with van der Waals surface area (Å²) >= 11 is 0. The molecule has 0 unspecified atom stereocenters. The molecule has 0 aliphatic rings. The van der Waals surface area contributed by atoms with Gasteiger partial charge < -0.3 is 10.1 Å². The van der Waals surface area contributed by atoms with E-state index >= 15 is 0 Å². The predicted molar refractivity (Wildman–Crippen MR) is 114 cm³/mol. The van der Waals surface area contributed by atoms with Gasteiger partial charge in [-0.15, -0.1) is 0 Å². The standard InChI is InChI=1S/C21H22N4O4S/c1-14-5-10-17(30(27,28)25(2)3)11-18(14)21(26)24-20-12-19(22-13-23-20)15-6-8-16(29-4)9-7-15/h5-13H,1-4H3,(H,22,23,24,26). The van der Waals surface area contributed by atoms with Crippen LogP contribution in [-0.2, 0) is 10.0 Å². The van der Waals surface area contributed by atoms with Gasteiger partial charge in [0.1, 0.15) is 17.9 Å². The fraction of sp³-hybridized carbons (Fsp3) is 0.190. The highest BCUT2D eigenvalue weighted by molar-refractivity contribution is 7.89. The molecular weight excluding hydrogens is 404 g/mol. The first kappa shape index (κ1) is 21.4. The lowest BCUT2D eigenvalue weighted by Crippen LogP contribution is -2.23. The van der Waals surface area contributed by atoms with Gasteiger partial charge in [0.2, 0.25) is 10.0 Å². The largest absolute Gasteiger partial charge is 0.497 e. The van der Waals surface area contributed by atoms with E-state index in [0.29, 0.717) is 17.1 Å². The quantitative estimate of drug-likeness (QED) is 0.650. The second-order valence-corrected chi connectivity index (χ2v) is 8.89. The molecule has 3 aromatic rings. The number of hydrogen-bond donors (Lipinski definition) is 1. The van der Waals surface area contributed by atoms with Crippen LogP contribution >= 0.6 is 0 Å². The molecule has 1 aromatic heterocycles. The summed E-state index contributed by atoms with van der Waals surface area (Å²) in [7, 11) is 0.820. The van der Waals surface area contributed by atoms with E-state index in [1.165, 1.54) is 32.6 Å². The van der Waals surface area contributed by atoms with E-state index in [1.807, 2.05) is 24.3 Å². The van der Waals surface area contributed by atoms with Gasteiger partial charge in [0, 0.05) is 31.3 Å². The maximum absolute atomic E-state index is 12.8. The maximum Gasteiger partial charge on any atom is 0.257 e. The monoisotopic (exact) mass is 426 g/mol. The first-order valence-corrected chi connectivity index (χ1v) is 10.5. The van der Waals surface area contributed by atoms with Crippen LogP contribution in [0.25, 0.3) is 11.3 Å². The van der Waals surface area contributed by atoms with Crippen molar-refractivity contribution in [3.63, 3.8) is 0 Å². The van der Waals surface area contributed by atoms with E-state index in [1.54, 1.807) is 26.2 Å². The van der Waals surface area contributed by atoms with Gasteiger partial charge in [-0.25, -0.2) is 22.7 Å². The van der Waals surface area contributed by atoms with E-state index in [-0.39, 0.29) is 10.5 Å². The van der Waals surface area contributed by atoms with Crippen LogP contribution in [0.4, 0.5) is 5.82 Å². The summed E-state index contributed by atoms with van der Waals surface area (Å²) in [5.41, 5.74) is 2.37. The van der Waals surface area contributed by atoms with Crippen molar-refractivity contribution in [1.82, 2.24) is 14.3 Å². The number of hydrogen-bond acceptors (Lipinski definition) is 6. The number of methoxy groups -OCH3 is 1. The highest BCUT2D eigenvalue weighted by atomic mass is 32.2. The number of nitrogens with zero attached hydrogens (tertiary/aromatic N) is 3. The van der Waals surface area contributed by atoms with Crippen molar-refractivity contribution < 1.29 is 17.9 Å². The molecule has 1 amide bonds. The van der Waals surface area contributed by atoms with Crippen molar-refractivity contribution in [2.75, 3.05) is 26.5 Å². The zero-order valence-corrected chi connectivity index (χ0v) is 17.9. The third kappa shape index (κ3) is 4.47. The lowest BCUT2D eigenvalue weighted by Gasteiger charge is -2.14. The van der Waals surface area contributed by atoms with E-state index in [9.17, 15) is 13.2 Å². The zero-order valence-electron chi connectivity index (χ0n) is 17.1. The second kappa shape index (κ2) is 8.60. The van der Waals surface area contributed by atoms with Crippen LogP contribution < -0.4 is 10.1 Å². The zero-order chi connectivity index (χ0) is 21.9. The van der Waals surface area contributed by atoms with Gasteiger partial charge in [0.25, 0.3) is 5.91 Å². The van der Waals surface area contributed by atoms with Crippen molar-refractivity contribution in [3.05, 3.63) is 66.0 Å². The van der Waals surface area contributed by atoms with Gasteiger partial charge in [0.05, 0.1) is 17.7 Å². The summed E-state index contributed by atoms with van der Waals surface area (Å²) in [5, 5.41) is 2.72. The molecule has 0 aliphatic carbocycles. The minimum atomic E-state index is -3.65. The van der Waals surface area contributed by atoms with Crippen LogP contribution in [0, 0.1) is 6.92 Å². The molecule has 0 aliphatic heterocycles. The maximum atomic E-state index is 12.8. The first-order valence-electron chi connectivity index (χ1n) is 9.03. The molecule has 0 bridgehead atoms. The average Bonchev–Trinajstić information content (AvgIpc) is 2.74. The Bertz CT molecular complexity index is 1180. The minimum absolute atomic E-state index is 0.0462. The number of nitrogens with one attached hydrogen (secondary N) is 1. The molecule has 8 nitrogen and oxygen atoms in total. The second-order valence-electron chi connectivity index (χ2n) is 6.74. The summed E-state index contributed by atoms with van der Waals surface area (Å²) in [5.74, 6) is 0.577. The number of anilines is 1. The fourth-order valence-electron chi connectivity index (χ4n) is 2.75. The number of ether oxygens (including phenoxy) is 1. The molecule has 9 heteroatoms. The fourth-order valence-corrected chi connectivity index (χ4v) is 3.67. The molecule has 0 radical (unpaired) electrons. The van der Waals surface area contributed by atoms with Gasteiger partial charge in [-0.05, 0) is 48.9 Å². The Morgan fingerprint density at radius 3 is 2.37 bits per heavy atom. The molecule has 0 fully saturated rings. The van der Waals surface area contributed by atoms with Crippen molar-refractivity contribution in [3.8, 4) is 17.0 Å². The highest BCUT2D eigenvalue weighted by Crippen LogP contribution is 2.23. The van der Waals surface area contributed by atoms with Crippen molar-refractivity contribution in [1.29, 1.82) is 0 Å². The molecule has 0 saturated carbocycles. The highest BCUT2D eigenvalue weighted by Gasteiger charge is 2.20. The molecule has 0 saturated heterocycles. The van der Waals surface area contributed by atoms with Crippen LogP contribution in [0.5, 0.6) is 5.75 Å². The van der Waals surface area contributed by atoms with Gasteiger partial charge >= 0.3 is 0 Å². The summed E-state index contributed by atoms with van der Waals surface area (Å²) < 4.78 is 31.0. The van der Waals surface area contributed by atoms with Crippen molar-refractivity contribution >= 4 is 21.7 Å². The Balaban J connectivity index is 1.88. The molecule has 0 atom stereocenters. The third-order valence-corrected chi connectivity index (χ3v) is 6.34. The number of carbonyl (C=O) groups excluding carboxylic acids is 1. The Kier molecular flexibility index (Phi) is 6.14. The Labute approximate surface area is 175 Å². The van der Waals surface area contributed by atoms with Gasteiger partial charge in [-0.2, -0.15) is 0 Å². The number of carbonyl (C=O) groups is 1. The minimum Gasteiger partial charge on any atom is -0.497 e. The summed E-state index contributed by atoms with van der Waals surface area (Å²) in [4.78, 5) is 21.2. The van der Waals surface area contributed by atoms with Gasteiger partial charge in [-0.1, -0.05) is 6.07 Å². The molecule has 3 rings (SSSR count). The summed E-state index contributed by atoms with van der Waals surface area (Å²) in [6.45, 7) is 1.74. The number of rotatable bonds is 6. The number of sulfonamides is 1. The lowest BCUT2D eigenvalue weighted by molar-refractivity contribution is 0.102. The Morgan fingerprint density at radius 1 is 1.03 bits per heavy atom. The van der Waals surface area contributed by atoms with Crippen molar-refractivity contribution in [2.45, 2.75) is 11.8 Å². The number of benzene rings is 2. The first-order chi connectivity index (χ1) is 14.2. The molecule has 1 heterocycles. The number of amides is 1. The van der Waals surface area contributed by atoms with E-state index in [4.69, 9.17) is 4.74 Å². The van der Waals surface area contributed by atoms with Crippen LogP contribution in [0.1, 0.15) is 15.9 Å². The smallest absolute Gasteiger partial charge is 0.257 e. The van der Waals surface area contributed by atoms with Gasteiger partial charge in [-0.3, -0.25) is 4.79 Å². The SMILES string of the molecule is COc1ccc(-c2cc(NC(=O)c3cc(S(=O)(=O)N(C)C)ccc3C)ncn2)cc1. The van der Waals surface area contributed by atoms with E-state index < -0.39 is 15.9 Å². The summed E-state index contributed by atoms with van der Waals surface area (Å²) in [6, 6.07) is 13.4. The number of aryl methyl sites for hydroxylation is 1. The third-order valence-electron chi connectivity index (χ3n) is 4.53. The normalized spacial score (nSPS) is 11.4. The van der Waals surface area contributed by atoms with Gasteiger partial charge in [0.15, 0.2) is 0 Å². The van der Waals surface area contributed by atoms with Crippen LogP contribution in [0.3, 0.4) is 0 Å². The van der Waals surface area contributed by atoms with Crippen LogP contribution in [0.15, 0.2) is 59.8 Å². The number of aromatic nitrogens is 2. The Hall–Kier alpha value is -3.30. The predicted octanol–water partition coefficient (Wildman–Crippen LogP) is 2.96.